The van der Waals surface area contributed by atoms with Crippen LogP contribution in [0.25, 0.3) is 21.9 Å². The van der Waals surface area contributed by atoms with E-state index < -0.39 is 0 Å². The molecule has 0 N–H and O–H groups in total. The first-order valence-corrected chi connectivity index (χ1v) is 10.7. The summed E-state index contributed by atoms with van der Waals surface area (Å²) in [5.74, 6) is -0.0643. The minimum atomic E-state index is -0.295. The van der Waals surface area contributed by atoms with E-state index in [9.17, 15) is 9.59 Å². The molecule has 0 aromatic heterocycles. The molecule has 0 amide bonds. The molecule has 3 heteroatoms. The summed E-state index contributed by atoms with van der Waals surface area (Å²) >= 11 is 0. The van der Waals surface area contributed by atoms with Crippen molar-refractivity contribution < 1.29 is 14.3 Å². The van der Waals surface area contributed by atoms with Crippen LogP contribution in [0.2, 0.25) is 0 Å². The van der Waals surface area contributed by atoms with Crippen molar-refractivity contribution in [3.63, 3.8) is 0 Å². The minimum Gasteiger partial charge on any atom is -0.462 e. The van der Waals surface area contributed by atoms with Crippen LogP contribution < -0.4 is 0 Å². The van der Waals surface area contributed by atoms with Gasteiger partial charge < -0.3 is 4.74 Å². The Labute approximate surface area is 178 Å². The van der Waals surface area contributed by atoms with Gasteiger partial charge in [0, 0.05) is 5.92 Å². The van der Waals surface area contributed by atoms with Gasteiger partial charge in [0.2, 0.25) is 0 Å². The normalized spacial score (nSPS) is 17.4. The predicted octanol–water partition coefficient (Wildman–Crippen LogP) is 6.43. The molecular weight excluding hydrogens is 372 g/mol. The Balaban J connectivity index is 1.75. The zero-order valence-electron chi connectivity index (χ0n) is 18.1. The average molecular weight is 401 g/mol. The first-order valence-electron chi connectivity index (χ1n) is 10.7. The molecule has 0 bridgehead atoms. The molecule has 0 fully saturated rings. The van der Waals surface area contributed by atoms with E-state index in [0.717, 1.165) is 34.7 Å². The second kappa shape index (κ2) is 7.71. The van der Waals surface area contributed by atoms with E-state index in [1.54, 1.807) is 6.92 Å². The van der Waals surface area contributed by atoms with Gasteiger partial charge >= 0.3 is 5.97 Å². The highest BCUT2D eigenvalue weighted by Gasteiger charge is 2.34. The summed E-state index contributed by atoms with van der Waals surface area (Å²) in [5, 5.41) is 2.08. The van der Waals surface area contributed by atoms with Crippen molar-refractivity contribution in [3.8, 4) is 11.1 Å². The minimum absolute atomic E-state index is 0.0134. The van der Waals surface area contributed by atoms with Gasteiger partial charge in [-0.15, -0.1) is 0 Å². The maximum Gasteiger partial charge on any atom is 0.338 e. The highest BCUT2D eigenvalue weighted by atomic mass is 16.5. The SMILES string of the molecule is CCOC(=O)c1ccc2cc(-c3ccc4c(c3)C(C(C)=O)CCC4(C)C)ccc2c1. The summed E-state index contributed by atoms with van der Waals surface area (Å²) in [7, 11) is 0. The van der Waals surface area contributed by atoms with Gasteiger partial charge in [0.25, 0.3) is 0 Å². The number of carbonyl (C=O) groups is 2. The summed E-state index contributed by atoms with van der Waals surface area (Å²) in [6.45, 7) is 8.41. The standard InChI is InChI=1S/C27H28O3/c1-5-30-26(29)22-9-8-18-14-19(6-7-20(18)15-22)21-10-11-25-24(16-21)23(17(2)28)12-13-27(25,3)4/h6-11,14-16,23H,5,12-13H2,1-4H3. The van der Waals surface area contributed by atoms with E-state index in [0.29, 0.717) is 12.2 Å². The number of ether oxygens (including phenoxy) is 1. The molecule has 0 heterocycles. The van der Waals surface area contributed by atoms with Gasteiger partial charge in [0.15, 0.2) is 0 Å². The maximum absolute atomic E-state index is 12.3. The molecule has 0 saturated heterocycles. The zero-order chi connectivity index (χ0) is 21.5. The third-order valence-corrected chi connectivity index (χ3v) is 6.39. The molecule has 1 aliphatic rings. The molecule has 0 spiro atoms. The molecule has 30 heavy (non-hydrogen) atoms. The number of esters is 1. The third kappa shape index (κ3) is 3.65. The van der Waals surface area contributed by atoms with E-state index in [4.69, 9.17) is 4.74 Å². The van der Waals surface area contributed by atoms with Crippen molar-refractivity contribution >= 4 is 22.5 Å². The van der Waals surface area contributed by atoms with Crippen molar-refractivity contribution in [1.29, 1.82) is 0 Å². The van der Waals surface area contributed by atoms with Crippen LogP contribution in [0, 0.1) is 0 Å². The lowest BCUT2D eigenvalue weighted by atomic mass is 9.67. The zero-order valence-corrected chi connectivity index (χ0v) is 18.1. The monoisotopic (exact) mass is 400 g/mol. The highest BCUT2D eigenvalue weighted by molar-refractivity contribution is 5.96. The number of fused-ring (bicyclic) bond motifs is 2. The van der Waals surface area contributed by atoms with E-state index in [1.807, 2.05) is 31.2 Å². The third-order valence-electron chi connectivity index (χ3n) is 6.39. The van der Waals surface area contributed by atoms with Crippen LogP contribution >= 0.6 is 0 Å². The molecule has 3 aromatic carbocycles. The lowest BCUT2D eigenvalue weighted by Crippen LogP contribution is -2.28. The highest BCUT2D eigenvalue weighted by Crippen LogP contribution is 2.44. The Kier molecular flexibility index (Phi) is 5.23. The Hall–Kier alpha value is -2.94. The van der Waals surface area contributed by atoms with Crippen molar-refractivity contribution in [3.05, 3.63) is 71.3 Å². The first kappa shape index (κ1) is 20.3. The van der Waals surface area contributed by atoms with E-state index in [1.165, 1.54) is 11.1 Å². The second-order valence-electron chi connectivity index (χ2n) is 8.89. The molecule has 4 rings (SSSR count). The van der Waals surface area contributed by atoms with Crippen LogP contribution in [0.5, 0.6) is 0 Å². The van der Waals surface area contributed by atoms with Gasteiger partial charge in [-0.25, -0.2) is 4.79 Å². The molecule has 0 aliphatic heterocycles. The van der Waals surface area contributed by atoms with Gasteiger partial charge in [-0.3, -0.25) is 4.79 Å². The van der Waals surface area contributed by atoms with Crippen LogP contribution in [0.4, 0.5) is 0 Å². The summed E-state index contributed by atoms with van der Waals surface area (Å²) in [6, 6.07) is 18.5. The number of carbonyl (C=O) groups excluding carboxylic acids is 2. The van der Waals surface area contributed by atoms with Crippen molar-refractivity contribution in [2.75, 3.05) is 6.61 Å². The topological polar surface area (TPSA) is 43.4 Å². The van der Waals surface area contributed by atoms with Crippen LogP contribution in [0.3, 0.4) is 0 Å². The molecule has 3 aromatic rings. The number of hydrogen-bond acceptors (Lipinski definition) is 3. The number of benzene rings is 3. The van der Waals surface area contributed by atoms with Gasteiger partial charge in [-0.2, -0.15) is 0 Å². The van der Waals surface area contributed by atoms with E-state index in [2.05, 4.69) is 44.2 Å². The lowest BCUT2D eigenvalue weighted by Gasteiger charge is -2.36. The molecule has 154 valence electrons. The number of Topliss-reactive ketones (excluding diaryl/α,β-unsaturated/α-hetero) is 1. The van der Waals surface area contributed by atoms with Crippen molar-refractivity contribution in [1.82, 2.24) is 0 Å². The molecular formula is C27H28O3. The number of hydrogen-bond donors (Lipinski definition) is 0. The Morgan fingerprint density at radius 3 is 2.37 bits per heavy atom. The summed E-state index contributed by atoms with van der Waals surface area (Å²) in [5.41, 5.74) is 5.35. The average Bonchev–Trinajstić information content (AvgIpc) is 2.72. The second-order valence-corrected chi connectivity index (χ2v) is 8.89. The largest absolute Gasteiger partial charge is 0.462 e. The number of rotatable bonds is 4. The Bertz CT molecular complexity index is 1140. The van der Waals surface area contributed by atoms with E-state index >= 15 is 0 Å². The van der Waals surface area contributed by atoms with Crippen molar-refractivity contribution in [2.24, 2.45) is 0 Å². The Morgan fingerprint density at radius 2 is 1.63 bits per heavy atom. The molecule has 1 atom stereocenters. The van der Waals surface area contributed by atoms with Gasteiger partial charge in [-0.1, -0.05) is 50.2 Å². The fourth-order valence-corrected chi connectivity index (χ4v) is 4.63. The predicted molar refractivity (Wildman–Crippen MR) is 121 cm³/mol. The molecule has 1 unspecified atom stereocenters. The summed E-state index contributed by atoms with van der Waals surface area (Å²) < 4.78 is 5.10. The smallest absolute Gasteiger partial charge is 0.338 e. The van der Waals surface area contributed by atoms with Crippen LogP contribution in [0.1, 0.15) is 67.9 Å². The molecule has 0 radical (unpaired) electrons. The first-order chi connectivity index (χ1) is 14.3. The van der Waals surface area contributed by atoms with Crippen LogP contribution in [-0.2, 0) is 14.9 Å². The molecule has 1 aliphatic carbocycles. The van der Waals surface area contributed by atoms with Crippen LogP contribution in [-0.4, -0.2) is 18.4 Å². The molecule has 3 nitrogen and oxygen atoms in total. The fraction of sp³-hybridized carbons (Fsp3) is 0.333. The summed E-state index contributed by atoms with van der Waals surface area (Å²) in [6.07, 6.45) is 1.94. The Morgan fingerprint density at radius 1 is 0.967 bits per heavy atom. The molecule has 0 saturated carbocycles. The van der Waals surface area contributed by atoms with Gasteiger partial charge in [0.05, 0.1) is 12.2 Å². The fourth-order valence-electron chi connectivity index (χ4n) is 4.63. The maximum atomic E-state index is 12.3. The van der Waals surface area contributed by atoms with Crippen molar-refractivity contribution in [2.45, 2.75) is 51.9 Å². The van der Waals surface area contributed by atoms with Gasteiger partial charge in [-0.05, 0) is 83.3 Å². The lowest BCUT2D eigenvalue weighted by molar-refractivity contribution is -0.118. The van der Waals surface area contributed by atoms with E-state index in [-0.39, 0.29) is 23.1 Å². The number of ketones is 1. The quantitative estimate of drug-likeness (QED) is 0.474. The van der Waals surface area contributed by atoms with Gasteiger partial charge in [0.1, 0.15) is 5.78 Å². The summed E-state index contributed by atoms with van der Waals surface area (Å²) in [4.78, 5) is 24.3. The van der Waals surface area contributed by atoms with Crippen LogP contribution in [0.15, 0.2) is 54.6 Å².